The number of carbonyl (C=O) groups is 1. The van der Waals surface area contributed by atoms with Crippen LogP contribution >= 0.6 is 0 Å². The van der Waals surface area contributed by atoms with Crippen molar-refractivity contribution in [3.8, 4) is 0 Å². The zero-order valence-electron chi connectivity index (χ0n) is 16.1. The van der Waals surface area contributed by atoms with E-state index in [2.05, 4.69) is 26.5 Å². The van der Waals surface area contributed by atoms with Gasteiger partial charge in [0.25, 0.3) is 0 Å². The summed E-state index contributed by atoms with van der Waals surface area (Å²) in [6.45, 7) is 10.9. The average Bonchev–Trinajstić information content (AvgIpc) is 2.87. The molecule has 6 unspecified atom stereocenters. The molecule has 0 aromatic carbocycles. The van der Waals surface area contributed by atoms with Gasteiger partial charge in [0.05, 0.1) is 6.10 Å². The maximum absolute atomic E-state index is 12.2. The number of carbonyl (C=O) groups excluding carboxylic acids is 1. The van der Waals surface area contributed by atoms with Gasteiger partial charge in [0.2, 0.25) is 0 Å². The van der Waals surface area contributed by atoms with Gasteiger partial charge in [0, 0.05) is 17.9 Å². The highest BCUT2D eigenvalue weighted by molar-refractivity contribution is 5.79. The van der Waals surface area contributed by atoms with E-state index in [0.29, 0.717) is 18.3 Å². The van der Waals surface area contributed by atoms with Crippen LogP contribution in [0.15, 0.2) is 23.8 Å². The number of allylic oxidation sites excluding steroid dienone is 2. The van der Waals surface area contributed by atoms with Crippen molar-refractivity contribution in [1.29, 1.82) is 0 Å². The van der Waals surface area contributed by atoms with Gasteiger partial charge in [0.15, 0.2) is 0 Å². The maximum Gasteiger partial charge on any atom is 0.133 e. The largest absolute Gasteiger partial charge is 0.396 e. The summed E-state index contributed by atoms with van der Waals surface area (Å²) in [6.07, 6.45) is 8.36. The quantitative estimate of drug-likeness (QED) is 0.755. The van der Waals surface area contributed by atoms with Crippen LogP contribution in [0.2, 0.25) is 0 Å². The summed E-state index contributed by atoms with van der Waals surface area (Å²) in [5.74, 6) is 1.11. The zero-order chi connectivity index (χ0) is 18.4. The summed E-state index contributed by atoms with van der Waals surface area (Å²) in [6, 6.07) is 0. The number of hydrogen-bond acceptors (Lipinski definition) is 3. The molecule has 2 N–H and O–H groups in total. The van der Waals surface area contributed by atoms with Gasteiger partial charge in [-0.1, -0.05) is 37.6 Å². The number of Topliss-reactive ketones (excluding diaryl/α,β-unsaturated/α-hetero) is 1. The zero-order valence-corrected chi connectivity index (χ0v) is 16.1. The Morgan fingerprint density at radius 2 is 2.04 bits per heavy atom. The summed E-state index contributed by atoms with van der Waals surface area (Å²) in [5.41, 5.74) is 2.52. The average molecular weight is 347 g/mol. The third-order valence-electron chi connectivity index (χ3n) is 7.95. The molecule has 0 amide bonds. The molecule has 2 saturated carbocycles. The van der Waals surface area contributed by atoms with E-state index in [1.54, 1.807) is 6.92 Å². The molecule has 3 aliphatic rings. The minimum atomic E-state index is -0.211. The molecule has 2 fully saturated rings. The molecular formula is C22H34O3. The second-order valence-corrected chi connectivity index (χ2v) is 9.15. The van der Waals surface area contributed by atoms with Crippen LogP contribution < -0.4 is 0 Å². The van der Waals surface area contributed by atoms with Crippen LogP contribution in [0.3, 0.4) is 0 Å². The van der Waals surface area contributed by atoms with E-state index >= 15 is 0 Å². The Hall–Kier alpha value is -0.930. The van der Waals surface area contributed by atoms with E-state index in [0.717, 1.165) is 38.5 Å². The van der Waals surface area contributed by atoms with Crippen molar-refractivity contribution < 1.29 is 15.0 Å². The van der Waals surface area contributed by atoms with Crippen molar-refractivity contribution in [2.24, 2.45) is 28.6 Å². The minimum Gasteiger partial charge on any atom is -0.396 e. The van der Waals surface area contributed by atoms with Crippen LogP contribution in [0.5, 0.6) is 0 Å². The van der Waals surface area contributed by atoms with Crippen molar-refractivity contribution in [2.75, 3.05) is 6.61 Å². The topological polar surface area (TPSA) is 57.5 Å². The van der Waals surface area contributed by atoms with Gasteiger partial charge in [-0.2, -0.15) is 0 Å². The second kappa shape index (κ2) is 6.66. The van der Waals surface area contributed by atoms with Crippen LogP contribution in [-0.2, 0) is 4.79 Å². The number of ketones is 1. The fourth-order valence-corrected chi connectivity index (χ4v) is 6.29. The summed E-state index contributed by atoms with van der Waals surface area (Å²) in [7, 11) is 0. The Morgan fingerprint density at radius 3 is 2.68 bits per heavy atom. The first-order valence-corrected chi connectivity index (χ1v) is 9.92. The molecule has 25 heavy (non-hydrogen) atoms. The fraction of sp³-hybridized carbons (Fsp3) is 0.773. The molecule has 0 radical (unpaired) electrons. The highest BCUT2D eigenvalue weighted by Crippen LogP contribution is 2.60. The van der Waals surface area contributed by atoms with Crippen molar-refractivity contribution >= 4 is 5.78 Å². The van der Waals surface area contributed by atoms with Gasteiger partial charge in [-0.25, -0.2) is 0 Å². The third kappa shape index (κ3) is 2.94. The van der Waals surface area contributed by atoms with Crippen LogP contribution in [-0.4, -0.2) is 28.7 Å². The molecule has 6 atom stereocenters. The van der Waals surface area contributed by atoms with E-state index in [9.17, 15) is 15.0 Å². The third-order valence-corrected chi connectivity index (χ3v) is 7.95. The number of hydrogen-bond donors (Lipinski definition) is 2. The van der Waals surface area contributed by atoms with Gasteiger partial charge >= 0.3 is 0 Å². The number of aliphatic hydroxyl groups is 2. The lowest BCUT2D eigenvalue weighted by molar-refractivity contribution is -0.124. The highest BCUT2D eigenvalue weighted by atomic mass is 16.3. The van der Waals surface area contributed by atoms with E-state index < -0.39 is 0 Å². The lowest BCUT2D eigenvalue weighted by Gasteiger charge is -2.50. The van der Waals surface area contributed by atoms with E-state index in [4.69, 9.17) is 0 Å². The Morgan fingerprint density at radius 1 is 1.32 bits per heavy atom. The molecule has 3 aliphatic carbocycles. The van der Waals surface area contributed by atoms with Crippen molar-refractivity contribution in [1.82, 2.24) is 0 Å². The Labute approximate surface area is 152 Å². The van der Waals surface area contributed by atoms with Gasteiger partial charge in [-0.05, 0) is 69.1 Å². The molecule has 0 aromatic rings. The van der Waals surface area contributed by atoms with Crippen molar-refractivity contribution in [3.63, 3.8) is 0 Å². The predicted molar refractivity (Wildman–Crippen MR) is 100.0 cm³/mol. The fourth-order valence-electron chi connectivity index (χ4n) is 6.29. The molecule has 0 aliphatic heterocycles. The predicted octanol–water partition coefficient (Wildman–Crippen LogP) is 4.04. The van der Waals surface area contributed by atoms with Crippen molar-refractivity contribution in [3.05, 3.63) is 23.8 Å². The Kier molecular flexibility index (Phi) is 5.02. The van der Waals surface area contributed by atoms with Gasteiger partial charge in [-0.15, -0.1) is 0 Å². The molecule has 0 bridgehead atoms. The number of fused-ring (bicyclic) bond motifs is 1. The minimum absolute atomic E-state index is 0.00339. The SMILES string of the molecule is C=C1C(C2CCC(C(C)=O)C2(C)CCO)CC=C2CC(O)CCC12C. The normalized spacial score (nSPS) is 44.4. The first-order valence-electron chi connectivity index (χ1n) is 9.92. The van der Waals surface area contributed by atoms with E-state index in [1.165, 1.54) is 11.1 Å². The maximum atomic E-state index is 12.2. The van der Waals surface area contributed by atoms with Crippen molar-refractivity contribution in [2.45, 2.75) is 71.8 Å². The monoisotopic (exact) mass is 346 g/mol. The van der Waals surface area contributed by atoms with Gasteiger partial charge in [0.1, 0.15) is 5.78 Å². The molecule has 140 valence electrons. The molecule has 0 aromatic heterocycles. The van der Waals surface area contributed by atoms with E-state index in [1.807, 2.05) is 0 Å². The highest BCUT2D eigenvalue weighted by Gasteiger charge is 2.53. The van der Waals surface area contributed by atoms with Crippen LogP contribution in [0.1, 0.15) is 65.7 Å². The molecule has 0 saturated heterocycles. The Bertz CT molecular complexity index is 592. The lowest BCUT2D eigenvalue weighted by atomic mass is 9.55. The standard InChI is InChI=1S/C22H34O3/c1-14-18(6-5-16-13-17(25)9-10-21(14,16)3)20-8-7-19(15(2)24)22(20,4)11-12-23/h5,17-20,23,25H,1,6-13H2,2-4H3. The van der Waals surface area contributed by atoms with Gasteiger partial charge in [-0.3, -0.25) is 4.79 Å². The number of aliphatic hydroxyl groups excluding tert-OH is 2. The Balaban J connectivity index is 1.91. The first kappa shape index (κ1) is 18.8. The molecule has 0 heterocycles. The summed E-state index contributed by atoms with van der Waals surface area (Å²) in [5, 5.41) is 19.7. The second-order valence-electron chi connectivity index (χ2n) is 9.15. The van der Waals surface area contributed by atoms with Crippen LogP contribution in [0.25, 0.3) is 0 Å². The molecule has 3 nitrogen and oxygen atoms in total. The van der Waals surface area contributed by atoms with Crippen LogP contribution in [0.4, 0.5) is 0 Å². The smallest absolute Gasteiger partial charge is 0.133 e. The number of rotatable bonds is 4. The first-order chi connectivity index (χ1) is 11.7. The lowest BCUT2D eigenvalue weighted by Crippen LogP contribution is -2.42. The molecule has 3 heteroatoms. The summed E-state index contributed by atoms with van der Waals surface area (Å²) in [4.78, 5) is 12.2. The van der Waals surface area contributed by atoms with Gasteiger partial charge < -0.3 is 10.2 Å². The van der Waals surface area contributed by atoms with Crippen LogP contribution in [0, 0.1) is 28.6 Å². The molecular weight excluding hydrogens is 312 g/mol. The molecule has 3 rings (SSSR count). The molecule has 0 spiro atoms. The van der Waals surface area contributed by atoms with E-state index in [-0.39, 0.29) is 35.2 Å². The summed E-state index contributed by atoms with van der Waals surface area (Å²) >= 11 is 0. The summed E-state index contributed by atoms with van der Waals surface area (Å²) < 4.78 is 0.